The minimum atomic E-state index is 0.136. The zero-order valence-corrected chi connectivity index (χ0v) is 11.2. The van der Waals surface area contributed by atoms with Gasteiger partial charge in [-0.1, -0.05) is 0 Å². The second kappa shape index (κ2) is 5.14. The lowest BCUT2D eigenvalue weighted by Crippen LogP contribution is -2.32. The SMILES string of the molecule is CC(C)Oc1c(N)nsc1N1CCSCC1. The van der Waals surface area contributed by atoms with Crippen LogP contribution >= 0.6 is 23.3 Å². The van der Waals surface area contributed by atoms with Gasteiger partial charge in [-0.15, -0.1) is 0 Å². The molecule has 2 rings (SSSR count). The van der Waals surface area contributed by atoms with Crippen molar-refractivity contribution >= 4 is 34.1 Å². The first-order valence-corrected chi connectivity index (χ1v) is 7.36. The third-order valence-corrected chi connectivity index (χ3v) is 4.16. The van der Waals surface area contributed by atoms with Gasteiger partial charge in [0, 0.05) is 24.6 Å². The first-order chi connectivity index (χ1) is 7.68. The van der Waals surface area contributed by atoms with Crippen molar-refractivity contribution in [2.24, 2.45) is 0 Å². The minimum absolute atomic E-state index is 0.136. The Morgan fingerprint density at radius 3 is 2.69 bits per heavy atom. The Labute approximate surface area is 104 Å². The summed E-state index contributed by atoms with van der Waals surface area (Å²) in [5, 5.41) is 1.09. The minimum Gasteiger partial charge on any atom is -0.484 e. The van der Waals surface area contributed by atoms with Gasteiger partial charge in [-0.25, -0.2) is 0 Å². The van der Waals surface area contributed by atoms with Crippen molar-refractivity contribution in [2.45, 2.75) is 20.0 Å². The van der Waals surface area contributed by atoms with Crippen molar-refractivity contribution in [1.29, 1.82) is 0 Å². The third-order valence-electron chi connectivity index (χ3n) is 2.31. The van der Waals surface area contributed by atoms with Gasteiger partial charge in [0.05, 0.1) is 6.10 Å². The zero-order chi connectivity index (χ0) is 11.5. The Morgan fingerprint density at radius 2 is 2.06 bits per heavy atom. The molecule has 16 heavy (non-hydrogen) atoms. The van der Waals surface area contributed by atoms with Crippen LogP contribution in [0.2, 0.25) is 0 Å². The summed E-state index contributed by atoms with van der Waals surface area (Å²) in [5.41, 5.74) is 5.84. The first kappa shape index (κ1) is 11.9. The van der Waals surface area contributed by atoms with Crippen LogP contribution in [0.25, 0.3) is 0 Å². The van der Waals surface area contributed by atoms with Gasteiger partial charge in [-0.2, -0.15) is 16.1 Å². The fraction of sp³-hybridized carbons (Fsp3) is 0.700. The Bertz CT molecular complexity index is 348. The summed E-state index contributed by atoms with van der Waals surface area (Å²) in [5.74, 6) is 3.62. The van der Waals surface area contributed by atoms with Gasteiger partial charge in [0.2, 0.25) is 0 Å². The van der Waals surface area contributed by atoms with Crippen LogP contribution in [-0.4, -0.2) is 35.1 Å². The average molecular weight is 259 g/mol. The largest absolute Gasteiger partial charge is 0.484 e. The Kier molecular flexibility index (Phi) is 3.81. The van der Waals surface area contributed by atoms with E-state index in [-0.39, 0.29) is 6.10 Å². The number of aromatic nitrogens is 1. The number of nitrogens with two attached hydrogens (primary N) is 1. The van der Waals surface area contributed by atoms with Gasteiger partial charge in [0.1, 0.15) is 0 Å². The Morgan fingerprint density at radius 1 is 1.38 bits per heavy atom. The molecule has 6 heteroatoms. The van der Waals surface area contributed by atoms with Crippen molar-refractivity contribution in [3.63, 3.8) is 0 Å². The molecule has 1 aromatic heterocycles. The molecule has 2 N–H and O–H groups in total. The normalized spacial score (nSPS) is 16.8. The summed E-state index contributed by atoms with van der Waals surface area (Å²) in [6, 6.07) is 0. The fourth-order valence-corrected chi connectivity index (χ4v) is 3.30. The molecule has 0 aromatic carbocycles. The molecule has 1 saturated heterocycles. The predicted octanol–water partition coefficient (Wildman–Crippen LogP) is 2.07. The number of rotatable bonds is 3. The van der Waals surface area contributed by atoms with Crippen LogP contribution in [0, 0.1) is 0 Å². The van der Waals surface area contributed by atoms with E-state index in [1.807, 2.05) is 25.6 Å². The number of nitrogen functional groups attached to an aromatic ring is 1. The number of nitrogens with zero attached hydrogens (tertiary/aromatic N) is 2. The van der Waals surface area contributed by atoms with Crippen molar-refractivity contribution in [2.75, 3.05) is 35.2 Å². The summed E-state index contributed by atoms with van der Waals surface area (Å²) < 4.78 is 9.93. The molecular formula is C10H17N3OS2. The highest BCUT2D eigenvalue weighted by Gasteiger charge is 2.21. The van der Waals surface area contributed by atoms with E-state index in [1.54, 1.807) is 0 Å². The van der Waals surface area contributed by atoms with Gasteiger partial charge in [0.15, 0.2) is 16.6 Å². The zero-order valence-electron chi connectivity index (χ0n) is 9.60. The molecule has 90 valence electrons. The molecule has 0 saturated carbocycles. The molecule has 0 amide bonds. The standard InChI is InChI=1S/C10H17N3OS2/c1-7(2)14-8-9(11)12-16-10(8)13-3-5-15-6-4-13/h7H,3-6H2,1-2H3,(H2,11,12). The maximum Gasteiger partial charge on any atom is 0.198 e. The van der Waals surface area contributed by atoms with Crippen LogP contribution in [-0.2, 0) is 0 Å². The smallest absolute Gasteiger partial charge is 0.198 e. The van der Waals surface area contributed by atoms with Crippen molar-refractivity contribution in [3.8, 4) is 5.75 Å². The van der Waals surface area contributed by atoms with Gasteiger partial charge < -0.3 is 15.4 Å². The van der Waals surface area contributed by atoms with Crippen LogP contribution in [0.4, 0.5) is 10.8 Å². The van der Waals surface area contributed by atoms with Crippen LogP contribution in [0.5, 0.6) is 5.75 Å². The van der Waals surface area contributed by atoms with E-state index in [1.165, 1.54) is 23.0 Å². The van der Waals surface area contributed by atoms with E-state index < -0.39 is 0 Å². The lowest BCUT2D eigenvalue weighted by atomic mass is 10.4. The number of ether oxygens (including phenoxy) is 1. The third kappa shape index (κ3) is 2.55. The number of hydrogen-bond acceptors (Lipinski definition) is 6. The molecular weight excluding hydrogens is 242 g/mol. The molecule has 0 atom stereocenters. The van der Waals surface area contributed by atoms with Gasteiger partial charge in [-0.05, 0) is 25.4 Å². The van der Waals surface area contributed by atoms with Crippen LogP contribution in [0.3, 0.4) is 0 Å². The molecule has 1 aromatic rings. The molecule has 4 nitrogen and oxygen atoms in total. The van der Waals surface area contributed by atoms with Gasteiger partial charge in [0.25, 0.3) is 0 Å². The molecule has 0 bridgehead atoms. The second-order valence-corrected chi connectivity index (χ2v) is 5.94. The predicted molar refractivity (Wildman–Crippen MR) is 71.8 cm³/mol. The van der Waals surface area contributed by atoms with Crippen molar-refractivity contribution < 1.29 is 4.74 Å². The summed E-state index contributed by atoms with van der Waals surface area (Å²) in [6.45, 7) is 6.13. The summed E-state index contributed by atoms with van der Waals surface area (Å²) in [4.78, 5) is 2.32. The lowest BCUT2D eigenvalue weighted by Gasteiger charge is -2.27. The van der Waals surface area contributed by atoms with E-state index in [2.05, 4.69) is 9.27 Å². The molecule has 0 radical (unpaired) electrons. The van der Waals surface area contributed by atoms with Crippen LogP contribution < -0.4 is 15.4 Å². The van der Waals surface area contributed by atoms with Crippen molar-refractivity contribution in [1.82, 2.24) is 4.37 Å². The highest BCUT2D eigenvalue weighted by molar-refractivity contribution is 7.99. The van der Waals surface area contributed by atoms with Gasteiger partial charge in [-0.3, -0.25) is 0 Å². The highest BCUT2D eigenvalue weighted by Crippen LogP contribution is 2.39. The quantitative estimate of drug-likeness (QED) is 0.900. The molecule has 1 aliphatic rings. The van der Waals surface area contributed by atoms with Crippen LogP contribution in [0.1, 0.15) is 13.8 Å². The summed E-state index contributed by atoms with van der Waals surface area (Å²) in [6.07, 6.45) is 0.136. The van der Waals surface area contributed by atoms with E-state index in [4.69, 9.17) is 10.5 Å². The molecule has 0 unspecified atom stereocenters. The number of thioether (sulfide) groups is 1. The maximum absolute atomic E-state index is 5.84. The van der Waals surface area contributed by atoms with E-state index >= 15 is 0 Å². The maximum atomic E-state index is 5.84. The van der Waals surface area contributed by atoms with Crippen LogP contribution in [0.15, 0.2) is 0 Å². The molecule has 1 aliphatic heterocycles. The van der Waals surface area contributed by atoms with E-state index in [9.17, 15) is 0 Å². The topological polar surface area (TPSA) is 51.4 Å². The van der Waals surface area contributed by atoms with Crippen molar-refractivity contribution in [3.05, 3.63) is 0 Å². The average Bonchev–Trinajstić information content (AvgIpc) is 2.61. The molecule has 0 aliphatic carbocycles. The lowest BCUT2D eigenvalue weighted by molar-refractivity contribution is 0.245. The Balaban J connectivity index is 2.18. The number of anilines is 2. The highest BCUT2D eigenvalue weighted by atomic mass is 32.2. The fourth-order valence-electron chi connectivity index (χ4n) is 1.60. The Hall–Kier alpha value is -0.620. The molecule has 2 heterocycles. The van der Waals surface area contributed by atoms with E-state index in [0.29, 0.717) is 5.82 Å². The molecule has 0 spiro atoms. The second-order valence-electron chi connectivity index (χ2n) is 3.97. The first-order valence-electron chi connectivity index (χ1n) is 5.43. The van der Waals surface area contributed by atoms with Gasteiger partial charge >= 0.3 is 0 Å². The monoisotopic (exact) mass is 259 g/mol. The summed E-state index contributed by atoms with van der Waals surface area (Å²) >= 11 is 3.43. The van der Waals surface area contributed by atoms with E-state index in [0.717, 1.165) is 23.8 Å². The number of hydrogen-bond donors (Lipinski definition) is 1. The molecule has 1 fully saturated rings. The summed E-state index contributed by atoms with van der Waals surface area (Å²) in [7, 11) is 0.